The average Bonchev–Trinajstić information content (AvgIpc) is 2.78. The Morgan fingerprint density at radius 2 is 2.11 bits per heavy atom. The van der Waals surface area contributed by atoms with Gasteiger partial charge in [0, 0.05) is 5.75 Å². The molecule has 1 aliphatic rings. The second-order valence-electron chi connectivity index (χ2n) is 4.50. The summed E-state index contributed by atoms with van der Waals surface area (Å²) in [5.74, 6) is 1.02. The fraction of sp³-hybridized carbons (Fsp3) is 0.909. The van der Waals surface area contributed by atoms with Crippen LogP contribution in [0.25, 0.3) is 0 Å². The number of nitrogens with one attached hydrogen (secondary N) is 1. The monoisotopic (exact) mass is 310 g/mol. The van der Waals surface area contributed by atoms with Gasteiger partial charge in [-0.15, -0.1) is 0 Å². The van der Waals surface area contributed by atoms with Crippen molar-refractivity contribution < 1.29 is 8.42 Å². The molecule has 0 aromatic rings. The van der Waals surface area contributed by atoms with E-state index in [4.69, 9.17) is 0 Å². The molecule has 0 radical (unpaired) electrons. The highest BCUT2D eigenvalue weighted by Gasteiger charge is 2.34. The summed E-state index contributed by atoms with van der Waals surface area (Å²) in [6.45, 7) is 5.59. The van der Waals surface area contributed by atoms with E-state index in [-0.39, 0.29) is 5.25 Å². The van der Waals surface area contributed by atoms with Crippen molar-refractivity contribution in [1.82, 2.24) is 5.43 Å². The van der Waals surface area contributed by atoms with Crippen molar-refractivity contribution in [3.63, 3.8) is 0 Å². The first kappa shape index (κ1) is 16.2. The highest BCUT2D eigenvalue weighted by molar-refractivity contribution is 8.41. The van der Waals surface area contributed by atoms with Crippen molar-refractivity contribution in [2.45, 2.75) is 56.4 Å². The Labute approximate surface area is 119 Å². The maximum atomic E-state index is 11.9. The van der Waals surface area contributed by atoms with Crippen LogP contribution >= 0.6 is 23.5 Å². The molecule has 0 saturated carbocycles. The molecule has 18 heavy (non-hydrogen) atoms. The molecule has 0 spiro atoms. The van der Waals surface area contributed by atoms with Gasteiger partial charge in [0.25, 0.3) is 0 Å². The Hall–Kier alpha value is 0.120. The second kappa shape index (κ2) is 7.65. The third-order valence-corrected chi connectivity index (χ3v) is 7.84. The van der Waals surface area contributed by atoms with Crippen LogP contribution in [0.4, 0.5) is 0 Å². The zero-order chi connectivity index (χ0) is 13.6. The van der Waals surface area contributed by atoms with Crippen LogP contribution in [0.1, 0.15) is 46.5 Å². The number of rotatable bonds is 7. The molecule has 0 aliphatic carbocycles. The van der Waals surface area contributed by atoms with Gasteiger partial charge in [0.05, 0.1) is 5.25 Å². The van der Waals surface area contributed by atoms with E-state index < -0.39 is 14.5 Å². The molecule has 0 saturated heterocycles. The number of hydrazone groups is 1. The SMILES string of the molecule is CCCCCCSC1=NNC(S(=O)(=O)C(C)C)S1. The van der Waals surface area contributed by atoms with Crippen molar-refractivity contribution >= 4 is 37.7 Å². The Bertz CT molecular complexity index is 380. The van der Waals surface area contributed by atoms with Gasteiger partial charge in [-0.25, -0.2) is 8.42 Å². The van der Waals surface area contributed by atoms with Crippen LogP contribution in [0, 0.1) is 0 Å². The van der Waals surface area contributed by atoms with Gasteiger partial charge in [-0.3, -0.25) is 5.43 Å². The number of nitrogens with zero attached hydrogens (tertiary/aromatic N) is 1. The van der Waals surface area contributed by atoms with E-state index >= 15 is 0 Å². The maximum absolute atomic E-state index is 11.9. The van der Waals surface area contributed by atoms with Crippen LogP contribution in [0.3, 0.4) is 0 Å². The molecule has 1 aliphatic heterocycles. The molecule has 7 heteroatoms. The lowest BCUT2D eigenvalue weighted by Crippen LogP contribution is -2.32. The summed E-state index contributed by atoms with van der Waals surface area (Å²) in [6, 6.07) is 0. The summed E-state index contributed by atoms with van der Waals surface area (Å²) < 4.78 is 24.1. The number of unbranched alkanes of at least 4 members (excludes halogenated alkanes) is 3. The number of hydrogen-bond acceptors (Lipinski definition) is 6. The predicted molar refractivity (Wildman–Crippen MR) is 82.6 cm³/mol. The highest BCUT2D eigenvalue weighted by atomic mass is 32.3. The van der Waals surface area contributed by atoms with Gasteiger partial charge in [-0.05, 0) is 20.3 Å². The zero-order valence-corrected chi connectivity index (χ0v) is 13.6. The van der Waals surface area contributed by atoms with E-state index in [0.717, 1.165) is 10.1 Å². The number of hydrogen-bond donors (Lipinski definition) is 1. The van der Waals surface area contributed by atoms with Crippen LogP contribution < -0.4 is 5.43 Å². The van der Waals surface area contributed by atoms with E-state index in [1.54, 1.807) is 25.6 Å². The summed E-state index contributed by atoms with van der Waals surface area (Å²) in [7, 11) is -3.12. The van der Waals surface area contributed by atoms with Gasteiger partial charge < -0.3 is 0 Å². The fourth-order valence-electron chi connectivity index (χ4n) is 1.39. The first-order chi connectivity index (χ1) is 8.48. The van der Waals surface area contributed by atoms with E-state index in [9.17, 15) is 8.42 Å². The number of sulfone groups is 1. The zero-order valence-electron chi connectivity index (χ0n) is 11.2. The molecular formula is C11H22N2O2S3. The minimum atomic E-state index is -3.12. The summed E-state index contributed by atoms with van der Waals surface area (Å²) in [6.07, 6.45) is 4.90. The molecule has 0 fully saturated rings. The quantitative estimate of drug-likeness (QED) is 0.733. The van der Waals surface area contributed by atoms with Crippen molar-refractivity contribution in [2.24, 2.45) is 5.10 Å². The standard InChI is InChI=1S/C11H22N2O2S3/c1-4-5-6-7-8-16-10-12-13-11(17-10)18(14,15)9(2)3/h9,11,13H,4-8H2,1-3H3. The summed E-state index contributed by atoms with van der Waals surface area (Å²) in [4.78, 5) is 0. The molecule has 4 nitrogen and oxygen atoms in total. The first-order valence-corrected chi connectivity index (χ1v) is 9.81. The molecule has 106 valence electrons. The highest BCUT2D eigenvalue weighted by Crippen LogP contribution is 2.30. The minimum Gasteiger partial charge on any atom is -0.280 e. The summed E-state index contributed by atoms with van der Waals surface area (Å²) in [5.41, 5.74) is 2.72. The molecule has 0 aromatic carbocycles. The van der Waals surface area contributed by atoms with Crippen LogP contribution in [-0.4, -0.2) is 28.5 Å². The lowest BCUT2D eigenvalue weighted by atomic mass is 10.2. The van der Waals surface area contributed by atoms with Gasteiger partial charge in [-0.1, -0.05) is 49.7 Å². The molecule has 0 amide bonds. The van der Waals surface area contributed by atoms with E-state index in [1.165, 1.54) is 37.4 Å². The van der Waals surface area contributed by atoms with Gasteiger partial charge >= 0.3 is 0 Å². The molecular weight excluding hydrogens is 288 g/mol. The van der Waals surface area contributed by atoms with Crippen LogP contribution in [0.5, 0.6) is 0 Å². The third-order valence-electron chi connectivity index (χ3n) is 2.65. The molecule has 1 heterocycles. The minimum absolute atomic E-state index is 0.369. The lowest BCUT2D eigenvalue weighted by molar-refractivity contribution is 0.576. The van der Waals surface area contributed by atoms with Gasteiger partial charge in [0.2, 0.25) is 0 Å². The molecule has 0 bridgehead atoms. The van der Waals surface area contributed by atoms with Crippen LogP contribution in [0.15, 0.2) is 5.10 Å². The first-order valence-electron chi connectivity index (χ1n) is 6.34. The van der Waals surface area contributed by atoms with Gasteiger partial charge in [0.1, 0.15) is 0 Å². The van der Waals surface area contributed by atoms with Crippen LogP contribution in [0.2, 0.25) is 0 Å². The molecule has 1 atom stereocenters. The number of thioether (sulfide) groups is 2. The maximum Gasteiger partial charge on any atom is 0.197 e. The van der Waals surface area contributed by atoms with Crippen molar-refractivity contribution in [1.29, 1.82) is 0 Å². The Balaban J connectivity index is 2.29. The summed E-state index contributed by atoms with van der Waals surface area (Å²) in [5, 5.41) is 3.73. The molecule has 1 N–H and O–H groups in total. The fourth-order valence-corrected chi connectivity index (χ4v) is 5.59. The van der Waals surface area contributed by atoms with Crippen molar-refractivity contribution in [3.05, 3.63) is 0 Å². The van der Waals surface area contributed by atoms with E-state index in [0.29, 0.717) is 0 Å². The van der Waals surface area contributed by atoms with Crippen molar-refractivity contribution in [2.75, 3.05) is 5.75 Å². The Morgan fingerprint density at radius 1 is 1.39 bits per heavy atom. The smallest absolute Gasteiger partial charge is 0.197 e. The molecule has 1 unspecified atom stereocenters. The second-order valence-corrected chi connectivity index (χ2v) is 9.83. The van der Waals surface area contributed by atoms with Gasteiger partial charge in [-0.2, -0.15) is 5.10 Å². The average molecular weight is 311 g/mol. The third kappa shape index (κ3) is 4.66. The normalized spacial score (nSPS) is 20.0. The topological polar surface area (TPSA) is 58.5 Å². The van der Waals surface area contributed by atoms with Gasteiger partial charge in [0.15, 0.2) is 18.9 Å². The van der Waals surface area contributed by atoms with E-state index in [1.807, 2.05) is 0 Å². The summed E-state index contributed by atoms with van der Waals surface area (Å²) >= 11 is 2.98. The van der Waals surface area contributed by atoms with Crippen LogP contribution in [-0.2, 0) is 9.84 Å². The molecule has 1 rings (SSSR count). The predicted octanol–water partition coefficient (Wildman–Crippen LogP) is 3.01. The largest absolute Gasteiger partial charge is 0.280 e. The molecule has 0 aromatic heterocycles. The Morgan fingerprint density at radius 3 is 2.72 bits per heavy atom. The lowest BCUT2D eigenvalue weighted by Gasteiger charge is -2.13. The van der Waals surface area contributed by atoms with Crippen molar-refractivity contribution in [3.8, 4) is 0 Å². The Kier molecular flexibility index (Phi) is 6.87. The van der Waals surface area contributed by atoms with E-state index in [2.05, 4.69) is 17.5 Å².